The fourth-order valence-electron chi connectivity index (χ4n) is 3.66. The Morgan fingerprint density at radius 3 is 2.38 bits per heavy atom. The Kier molecular flexibility index (Phi) is 7.13. The Morgan fingerprint density at radius 1 is 1.16 bits per heavy atom. The molecule has 1 aromatic carbocycles. The maximum absolute atomic E-state index is 12.9. The number of hydrogen-bond acceptors (Lipinski definition) is 5. The Balaban J connectivity index is 1.88. The van der Waals surface area contributed by atoms with E-state index in [0.717, 1.165) is 42.9 Å². The lowest BCUT2D eigenvalue weighted by molar-refractivity contribution is -0.141. The molecule has 1 aliphatic heterocycles. The topological polar surface area (TPSA) is 87.5 Å². The highest BCUT2D eigenvalue weighted by atomic mass is 32.2. The number of sulfonamides is 1. The number of nitrogens with zero attached hydrogens (tertiary/aromatic N) is 4. The van der Waals surface area contributed by atoms with Crippen LogP contribution in [0.5, 0.6) is 0 Å². The third-order valence-electron chi connectivity index (χ3n) is 5.27. The van der Waals surface area contributed by atoms with Crippen LogP contribution in [0.15, 0.2) is 35.4 Å². The molecule has 1 aromatic heterocycles. The standard InChI is InChI=1S/C20H26F3N5O3S/c1-3-28(4-2)32(30,31)15-7-8-17(26-10-5-6-11-26)16(13-15)24-19(29)14-27-12-9-18(25-27)20(21,22)23/h7-9,12-13H,3-6,10-11,14H2,1-2H3,(H,24,29). The number of anilines is 2. The molecule has 2 aromatic rings. The lowest BCUT2D eigenvalue weighted by Crippen LogP contribution is -2.31. The Morgan fingerprint density at radius 2 is 1.81 bits per heavy atom. The summed E-state index contributed by atoms with van der Waals surface area (Å²) in [5, 5.41) is 6.05. The van der Waals surface area contributed by atoms with Gasteiger partial charge in [-0.25, -0.2) is 8.42 Å². The summed E-state index contributed by atoms with van der Waals surface area (Å²) in [7, 11) is -3.75. The monoisotopic (exact) mass is 473 g/mol. The third kappa shape index (κ3) is 5.23. The molecule has 3 rings (SSSR count). The van der Waals surface area contributed by atoms with E-state index in [2.05, 4.69) is 10.4 Å². The maximum Gasteiger partial charge on any atom is 0.435 e. The summed E-state index contributed by atoms with van der Waals surface area (Å²) in [5.74, 6) is -0.611. The molecule has 0 radical (unpaired) electrons. The minimum atomic E-state index is -4.60. The van der Waals surface area contributed by atoms with Crippen molar-refractivity contribution >= 4 is 27.3 Å². The zero-order valence-electron chi connectivity index (χ0n) is 17.9. The van der Waals surface area contributed by atoms with Gasteiger partial charge in [0, 0.05) is 32.4 Å². The molecule has 1 saturated heterocycles. The van der Waals surface area contributed by atoms with Crippen molar-refractivity contribution in [1.82, 2.24) is 14.1 Å². The molecular formula is C20H26F3N5O3S. The largest absolute Gasteiger partial charge is 0.435 e. The van der Waals surface area contributed by atoms with Crippen molar-refractivity contribution < 1.29 is 26.4 Å². The van der Waals surface area contributed by atoms with Crippen LogP contribution in [0.2, 0.25) is 0 Å². The molecule has 1 fully saturated rings. The van der Waals surface area contributed by atoms with Gasteiger partial charge in [-0.2, -0.15) is 22.6 Å². The predicted octanol–water partition coefficient (Wildman–Crippen LogP) is 3.17. The van der Waals surface area contributed by atoms with Crippen LogP contribution in [0, 0.1) is 0 Å². The van der Waals surface area contributed by atoms with Crippen molar-refractivity contribution in [2.24, 2.45) is 0 Å². The van der Waals surface area contributed by atoms with Gasteiger partial charge >= 0.3 is 6.18 Å². The highest BCUT2D eigenvalue weighted by Gasteiger charge is 2.33. The number of alkyl halides is 3. The molecule has 32 heavy (non-hydrogen) atoms. The van der Waals surface area contributed by atoms with Gasteiger partial charge in [-0.3, -0.25) is 9.48 Å². The van der Waals surface area contributed by atoms with Crippen molar-refractivity contribution in [3.8, 4) is 0 Å². The van der Waals surface area contributed by atoms with Crippen LogP contribution < -0.4 is 10.2 Å². The highest BCUT2D eigenvalue weighted by molar-refractivity contribution is 7.89. The minimum absolute atomic E-state index is 0.0397. The Labute approximate surface area is 185 Å². The van der Waals surface area contributed by atoms with Gasteiger partial charge in [-0.05, 0) is 37.1 Å². The molecule has 1 N–H and O–H groups in total. The van der Waals surface area contributed by atoms with Gasteiger partial charge in [0.2, 0.25) is 15.9 Å². The van der Waals surface area contributed by atoms with Crippen molar-refractivity contribution in [2.45, 2.75) is 44.3 Å². The quantitative estimate of drug-likeness (QED) is 0.636. The van der Waals surface area contributed by atoms with E-state index >= 15 is 0 Å². The number of rotatable bonds is 8. The molecule has 2 heterocycles. The molecule has 0 spiro atoms. The second-order valence-electron chi connectivity index (χ2n) is 7.41. The van der Waals surface area contributed by atoms with E-state index in [4.69, 9.17) is 0 Å². The van der Waals surface area contributed by atoms with Crippen molar-refractivity contribution in [2.75, 3.05) is 36.4 Å². The van der Waals surface area contributed by atoms with Gasteiger partial charge in [-0.1, -0.05) is 13.8 Å². The lowest BCUT2D eigenvalue weighted by atomic mass is 10.2. The van der Waals surface area contributed by atoms with Gasteiger partial charge in [0.05, 0.1) is 16.3 Å². The number of benzene rings is 1. The normalized spacial score (nSPS) is 14.9. The van der Waals surface area contributed by atoms with E-state index in [-0.39, 0.29) is 4.90 Å². The number of nitrogens with one attached hydrogen (secondary N) is 1. The maximum atomic E-state index is 12.9. The average Bonchev–Trinajstić information content (AvgIpc) is 3.40. The molecule has 0 unspecified atom stereocenters. The first kappa shape index (κ1) is 24.1. The minimum Gasteiger partial charge on any atom is -0.370 e. The predicted molar refractivity (Wildman–Crippen MR) is 114 cm³/mol. The molecule has 176 valence electrons. The van der Waals surface area contributed by atoms with Crippen LogP contribution in [0.25, 0.3) is 0 Å². The fraction of sp³-hybridized carbons (Fsp3) is 0.500. The number of carbonyl (C=O) groups is 1. The first-order valence-corrected chi connectivity index (χ1v) is 11.8. The van der Waals surface area contributed by atoms with Crippen LogP contribution in [0.4, 0.5) is 24.5 Å². The zero-order chi connectivity index (χ0) is 23.5. The summed E-state index contributed by atoms with van der Waals surface area (Å²) in [6, 6.07) is 5.37. The number of aromatic nitrogens is 2. The molecule has 0 saturated carbocycles. The second kappa shape index (κ2) is 9.49. The molecule has 1 amide bonds. The Hall–Kier alpha value is -2.60. The van der Waals surface area contributed by atoms with Crippen molar-refractivity contribution in [3.05, 3.63) is 36.2 Å². The van der Waals surface area contributed by atoms with Crippen LogP contribution in [-0.2, 0) is 27.5 Å². The summed E-state index contributed by atoms with van der Waals surface area (Å²) in [4.78, 5) is 14.7. The van der Waals surface area contributed by atoms with Gasteiger partial charge in [-0.15, -0.1) is 0 Å². The molecule has 8 nitrogen and oxygen atoms in total. The third-order valence-corrected chi connectivity index (χ3v) is 7.31. The second-order valence-corrected chi connectivity index (χ2v) is 9.34. The van der Waals surface area contributed by atoms with Crippen molar-refractivity contribution in [3.63, 3.8) is 0 Å². The molecule has 0 aliphatic carbocycles. The number of amides is 1. The first-order chi connectivity index (χ1) is 15.1. The van der Waals surface area contributed by atoms with E-state index in [9.17, 15) is 26.4 Å². The van der Waals surface area contributed by atoms with E-state index in [1.54, 1.807) is 19.9 Å². The van der Waals surface area contributed by atoms with Crippen LogP contribution in [0.1, 0.15) is 32.4 Å². The zero-order valence-corrected chi connectivity index (χ0v) is 18.7. The summed E-state index contributed by atoms with van der Waals surface area (Å²) in [6.45, 7) is 5.16. The van der Waals surface area contributed by atoms with Gasteiger partial charge in [0.25, 0.3) is 0 Å². The number of carbonyl (C=O) groups excluding carboxylic acids is 1. The average molecular weight is 474 g/mol. The summed E-state index contributed by atoms with van der Waals surface area (Å²) in [6.07, 6.45) is -1.58. The van der Waals surface area contributed by atoms with Crippen molar-refractivity contribution in [1.29, 1.82) is 0 Å². The van der Waals surface area contributed by atoms with Gasteiger partial charge in [0.15, 0.2) is 5.69 Å². The first-order valence-electron chi connectivity index (χ1n) is 10.4. The van der Waals surface area contributed by atoms with E-state index < -0.39 is 34.3 Å². The Bertz CT molecular complexity index is 1060. The lowest BCUT2D eigenvalue weighted by Gasteiger charge is -2.24. The number of halogens is 3. The smallest absolute Gasteiger partial charge is 0.370 e. The molecular weight excluding hydrogens is 447 g/mol. The molecule has 0 atom stereocenters. The SMILES string of the molecule is CCN(CC)S(=O)(=O)c1ccc(N2CCCC2)c(NC(=O)Cn2ccc(C(F)(F)F)n2)c1. The van der Waals surface area contributed by atoms with E-state index in [1.807, 2.05) is 4.90 Å². The van der Waals surface area contributed by atoms with Crippen LogP contribution >= 0.6 is 0 Å². The molecule has 1 aliphatic rings. The number of hydrogen-bond donors (Lipinski definition) is 1. The van der Waals surface area contributed by atoms with E-state index in [1.165, 1.54) is 16.4 Å². The van der Waals surface area contributed by atoms with Gasteiger partial charge in [0.1, 0.15) is 6.54 Å². The van der Waals surface area contributed by atoms with E-state index in [0.29, 0.717) is 24.5 Å². The highest BCUT2D eigenvalue weighted by Crippen LogP contribution is 2.32. The molecule has 12 heteroatoms. The van der Waals surface area contributed by atoms with Crippen LogP contribution in [-0.4, -0.2) is 54.6 Å². The fourth-order valence-corrected chi connectivity index (χ4v) is 5.14. The molecule has 0 bridgehead atoms. The summed E-state index contributed by atoms with van der Waals surface area (Å²) in [5.41, 5.74) is -0.116. The van der Waals surface area contributed by atoms with Gasteiger partial charge < -0.3 is 10.2 Å². The van der Waals surface area contributed by atoms with Crippen LogP contribution in [0.3, 0.4) is 0 Å². The summed E-state index contributed by atoms with van der Waals surface area (Å²) < 4.78 is 66.3. The summed E-state index contributed by atoms with van der Waals surface area (Å²) >= 11 is 0.